The predicted octanol–water partition coefficient (Wildman–Crippen LogP) is 0.133. The molecule has 1 heterocycles. The lowest BCUT2D eigenvalue weighted by atomic mass is 10.0. The molecule has 15 heavy (non-hydrogen) atoms. The third-order valence-electron chi connectivity index (χ3n) is 2.89. The zero-order valence-corrected chi connectivity index (χ0v) is 9.79. The Balaban J connectivity index is 2.20. The molecule has 0 aromatic carbocycles. The van der Waals surface area contributed by atoms with Gasteiger partial charge in [-0.05, 0) is 6.42 Å². The van der Waals surface area contributed by atoms with Crippen molar-refractivity contribution in [1.82, 2.24) is 10.2 Å². The summed E-state index contributed by atoms with van der Waals surface area (Å²) < 4.78 is 4.98. The van der Waals surface area contributed by atoms with Crippen LogP contribution >= 0.6 is 0 Å². The van der Waals surface area contributed by atoms with Crippen LogP contribution in [0.5, 0.6) is 0 Å². The highest BCUT2D eigenvalue weighted by atomic mass is 16.5. The molecule has 1 aliphatic heterocycles. The van der Waals surface area contributed by atoms with E-state index in [0.29, 0.717) is 18.9 Å². The molecule has 1 N–H and O–H groups in total. The number of ketones is 1. The van der Waals surface area contributed by atoms with Crippen LogP contribution < -0.4 is 5.32 Å². The average molecular weight is 214 g/mol. The number of methoxy groups -OCH3 is 1. The van der Waals surface area contributed by atoms with E-state index in [2.05, 4.69) is 10.2 Å². The summed E-state index contributed by atoms with van der Waals surface area (Å²) in [7, 11) is 1.67. The first-order chi connectivity index (χ1) is 7.24. The van der Waals surface area contributed by atoms with Gasteiger partial charge in [0.15, 0.2) is 0 Å². The number of nitrogens with one attached hydrogen (secondary N) is 1. The largest absolute Gasteiger partial charge is 0.385 e. The van der Waals surface area contributed by atoms with Crippen LogP contribution in [0.15, 0.2) is 0 Å². The summed E-state index contributed by atoms with van der Waals surface area (Å²) in [6.45, 7) is 7.25. The summed E-state index contributed by atoms with van der Waals surface area (Å²) >= 11 is 0. The van der Waals surface area contributed by atoms with E-state index in [0.717, 1.165) is 32.6 Å². The Morgan fingerprint density at radius 2 is 2.13 bits per heavy atom. The zero-order valence-electron chi connectivity index (χ0n) is 9.79. The minimum Gasteiger partial charge on any atom is -0.385 e. The molecule has 1 saturated heterocycles. The molecule has 0 amide bonds. The number of ether oxygens (including phenoxy) is 1. The zero-order chi connectivity index (χ0) is 11.1. The van der Waals surface area contributed by atoms with Crippen molar-refractivity contribution in [3.8, 4) is 0 Å². The van der Waals surface area contributed by atoms with Crippen molar-refractivity contribution < 1.29 is 9.53 Å². The first kappa shape index (κ1) is 12.6. The van der Waals surface area contributed by atoms with Crippen molar-refractivity contribution in [1.29, 1.82) is 0 Å². The molecule has 1 atom stereocenters. The van der Waals surface area contributed by atoms with Crippen LogP contribution in [0, 0.1) is 5.92 Å². The second kappa shape index (κ2) is 6.93. The minimum atomic E-state index is 0.125. The number of Topliss-reactive ketones (excluding diaryl/α,β-unsaturated/α-hetero) is 1. The van der Waals surface area contributed by atoms with Crippen LogP contribution in [-0.2, 0) is 9.53 Å². The highest BCUT2D eigenvalue weighted by molar-refractivity contribution is 5.82. The van der Waals surface area contributed by atoms with Gasteiger partial charge in [0, 0.05) is 45.8 Å². The normalized spacial score (nSPS) is 20.1. The summed E-state index contributed by atoms with van der Waals surface area (Å²) in [5.74, 6) is 0.466. The number of carbonyl (C=O) groups excluding carboxylic acids is 1. The SMILES string of the molecule is COCCC(C)C(=O)CN1CCNCC1. The Morgan fingerprint density at radius 3 is 2.73 bits per heavy atom. The molecule has 1 unspecified atom stereocenters. The van der Waals surface area contributed by atoms with Crippen molar-refractivity contribution in [2.45, 2.75) is 13.3 Å². The Labute approximate surface area is 92.0 Å². The monoisotopic (exact) mass is 214 g/mol. The van der Waals surface area contributed by atoms with Gasteiger partial charge in [0.05, 0.1) is 6.54 Å². The fraction of sp³-hybridized carbons (Fsp3) is 0.909. The van der Waals surface area contributed by atoms with E-state index >= 15 is 0 Å². The van der Waals surface area contributed by atoms with Crippen molar-refractivity contribution in [2.24, 2.45) is 5.92 Å². The van der Waals surface area contributed by atoms with E-state index in [1.54, 1.807) is 7.11 Å². The van der Waals surface area contributed by atoms with Crippen molar-refractivity contribution in [3.63, 3.8) is 0 Å². The third-order valence-corrected chi connectivity index (χ3v) is 2.89. The second-order valence-electron chi connectivity index (χ2n) is 4.17. The average Bonchev–Trinajstić information content (AvgIpc) is 2.27. The molecule has 0 aromatic heterocycles. The van der Waals surface area contributed by atoms with Gasteiger partial charge in [-0.15, -0.1) is 0 Å². The van der Waals surface area contributed by atoms with E-state index in [1.807, 2.05) is 6.92 Å². The molecule has 0 aromatic rings. The van der Waals surface area contributed by atoms with Crippen molar-refractivity contribution >= 4 is 5.78 Å². The minimum absolute atomic E-state index is 0.125. The lowest BCUT2D eigenvalue weighted by molar-refractivity contribution is -0.124. The molecule has 1 rings (SSSR count). The van der Waals surface area contributed by atoms with Gasteiger partial charge in [0.25, 0.3) is 0 Å². The molecule has 4 nitrogen and oxygen atoms in total. The lowest BCUT2D eigenvalue weighted by Gasteiger charge is -2.27. The summed E-state index contributed by atoms with van der Waals surface area (Å²) in [5, 5.41) is 3.28. The van der Waals surface area contributed by atoms with Crippen molar-refractivity contribution in [3.05, 3.63) is 0 Å². The fourth-order valence-electron chi connectivity index (χ4n) is 1.70. The third kappa shape index (κ3) is 4.73. The Bertz CT molecular complexity index is 191. The molecule has 0 aliphatic carbocycles. The molecular weight excluding hydrogens is 192 g/mol. The predicted molar refractivity (Wildman–Crippen MR) is 60.0 cm³/mol. The number of hydrogen-bond donors (Lipinski definition) is 1. The van der Waals surface area contributed by atoms with Crippen LogP contribution in [-0.4, -0.2) is 57.1 Å². The van der Waals surface area contributed by atoms with Gasteiger partial charge in [-0.25, -0.2) is 0 Å². The topological polar surface area (TPSA) is 41.6 Å². The quantitative estimate of drug-likeness (QED) is 0.682. The number of piperazine rings is 1. The molecular formula is C11H22N2O2. The maximum Gasteiger partial charge on any atom is 0.149 e. The molecule has 1 fully saturated rings. The summed E-state index contributed by atoms with van der Waals surface area (Å²) in [5.41, 5.74) is 0. The van der Waals surface area contributed by atoms with Crippen LogP contribution in [0.2, 0.25) is 0 Å². The number of nitrogens with zero attached hydrogens (tertiary/aromatic N) is 1. The molecule has 1 aliphatic rings. The van der Waals surface area contributed by atoms with Crippen LogP contribution in [0.4, 0.5) is 0 Å². The van der Waals surface area contributed by atoms with Crippen LogP contribution in [0.1, 0.15) is 13.3 Å². The van der Waals surface area contributed by atoms with Gasteiger partial charge in [-0.3, -0.25) is 9.69 Å². The van der Waals surface area contributed by atoms with E-state index in [-0.39, 0.29) is 5.92 Å². The molecule has 0 radical (unpaired) electrons. The highest BCUT2D eigenvalue weighted by Crippen LogP contribution is 2.05. The van der Waals surface area contributed by atoms with Gasteiger partial charge < -0.3 is 10.1 Å². The van der Waals surface area contributed by atoms with E-state index < -0.39 is 0 Å². The Hall–Kier alpha value is -0.450. The van der Waals surface area contributed by atoms with Gasteiger partial charge in [0.1, 0.15) is 5.78 Å². The van der Waals surface area contributed by atoms with Crippen LogP contribution in [0.3, 0.4) is 0 Å². The second-order valence-corrected chi connectivity index (χ2v) is 4.17. The van der Waals surface area contributed by atoms with Gasteiger partial charge >= 0.3 is 0 Å². The van der Waals surface area contributed by atoms with Gasteiger partial charge in [-0.1, -0.05) is 6.92 Å². The fourth-order valence-corrected chi connectivity index (χ4v) is 1.70. The summed E-state index contributed by atoms with van der Waals surface area (Å²) in [4.78, 5) is 14.0. The molecule has 0 spiro atoms. The molecule has 4 heteroatoms. The number of rotatable bonds is 6. The number of carbonyl (C=O) groups is 1. The smallest absolute Gasteiger partial charge is 0.149 e. The summed E-state index contributed by atoms with van der Waals surface area (Å²) in [6, 6.07) is 0. The lowest BCUT2D eigenvalue weighted by Crippen LogP contribution is -2.46. The summed E-state index contributed by atoms with van der Waals surface area (Å²) in [6.07, 6.45) is 0.835. The van der Waals surface area contributed by atoms with Gasteiger partial charge in [-0.2, -0.15) is 0 Å². The maximum absolute atomic E-state index is 11.8. The maximum atomic E-state index is 11.8. The van der Waals surface area contributed by atoms with E-state index in [1.165, 1.54) is 0 Å². The molecule has 88 valence electrons. The van der Waals surface area contributed by atoms with Crippen molar-refractivity contribution in [2.75, 3.05) is 46.4 Å². The van der Waals surface area contributed by atoms with Gasteiger partial charge in [0.2, 0.25) is 0 Å². The van der Waals surface area contributed by atoms with Crippen LogP contribution in [0.25, 0.3) is 0 Å². The number of hydrogen-bond acceptors (Lipinski definition) is 4. The van der Waals surface area contributed by atoms with E-state index in [9.17, 15) is 4.79 Å². The standard InChI is InChI=1S/C11H22N2O2/c1-10(3-8-15-2)11(14)9-13-6-4-12-5-7-13/h10,12H,3-9H2,1-2H3. The first-order valence-electron chi connectivity index (χ1n) is 5.68. The molecule has 0 bridgehead atoms. The highest BCUT2D eigenvalue weighted by Gasteiger charge is 2.17. The first-order valence-corrected chi connectivity index (χ1v) is 5.68. The Morgan fingerprint density at radius 1 is 1.47 bits per heavy atom. The Kier molecular flexibility index (Phi) is 5.83. The van der Waals surface area contributed by atoms with E-state index in [4.69, 9.17) is 4.74 Å². The molecule has 0 saturated carbocycles.